The number of anilines is 1. The van der Waals surface area contributed by atoms with Crippen LogP contribution in [0.3, 0.4) is 0 Å². The van der Waals surface area contributed by atoms with Gasteiger partial charge in [0.15, 0.2) is 0 Å². The van der Waals surface area contributed by atoms with Crippen LogP contribution < -0.4 is 10.1 Å². The minimum Gasteiger partial charge on any atom is -0.497 e. The molecular formula is C15H15N3O. The minimum absolute atomic E-state index is 0.0629. The molecule has 1 heterocycles. The average molecular weight is 253 g/mol. The summed E-state index contributed by atoms with van der Waals surface area (Å²) < 4.78 is 5.13. The molecule has 0 bridgehead atoms. The van der Waals surface area contributed by atoms with Gasteiger partial charge in [-0.1, -0.05) is 12.1 Å². The lowest BCUT2D eigenvalue weighted by molar-refractivity contribution is 0.414. The van der Waals surface area contributed by atoms with E-state index in [1.54, 1.807) is 25.4 Å². The van der Waals surface area contributed by atoms with E-state index in [1.807, 2.05) is 31.2 Å². The summed E-state index contributed by atoms with van der Waals surface area (Å²) in [6, 6.07) is 13.5. The van der Waals surface area contributed by atoms with E-state index in [2.05, 4.69) is 16.4 Å². The molecule has 0 aliphatic carbocycles. The van der Waals surface area contributed by atoms with Gasteiger partial charge >= 0.3 is 0 Å². The Morgan fingerprint density at radius 3 is 2.63 bits per heavy atom. The molecule has 1 aromatic heterocycles. The topological polar surface area (TPSA) is 57.9 Å². The quantitative estimate of drug-likeness (QED) is 0.909. The Bertz CT molecular complexity index is 587. The molecule has 0 aliphatic rings. The molecule has 96 valence electrons. The summed E-state index contributed by atoms with van der Waals surface area (Å²) in [6.45, 7) is 2.03. The third-order valence-electron chi connectivity index (χ3n) is 2.90. The third-order valence-corrected chi connectivity index (χ3v) is 2.90. The van der Waals surface area contributed by atoms with Gasteiger partial charge in [-0.3, -0.25) is 0 Å². The number of hydrogen-bond donors (Lipinski definition) is 1. The molecule has 2 rings (SSSR count). The van der Waals surface area contributed by atoms with E-state index in [1.165, 1.54) is 0 Å². The predicted molar refractivity (Wildman–Crippen MR) is 74.0 cm³/mol. The minimum atomic E-state index is 0.0629. The maximum absolute atomic E-state index is 9.02. The lowest BCUT2D eigenvalue weighted by Crippen LogP contribution is -2.09. The Hall–Kier alpha value is -2.54. The summed E-state index contributed by atoms with van der Waals surface area (Å²) in [5.74, 6) is 1.43. The maximum atomic E-state index is 9.02. The highest BCUT2D eigenvalue weighted by molar-refractivity contribution is 5.52. The smallest absolute Gasteiger partial charge is 0.144 e. The van der Waals surface area contributed by atoms with Gasteiger partial charge in [0.25, 0.3) is 0 Å². The Morgan fingerprint density at radius 2 is 2.00 bits per heavy atom. The number of nitrogens with one attached hydrogen (secondary N) is 1. The first-order valence-corrected chi connectivity index (χ1v) is 6.00. The van der Waals surface area contributed by atoms with Gasteiger partial charge in [0.05, 0.1) is 12.7 Å². The van der Waals surface area contributed by atoms with E-state index in [0.717, 1.165) is 11.3 Å². The standard InChI is InChI=1S/C15H15N3O/c1-11(12-5-7-14(19-2)8-6-12)18-15-13(10-16)4-3-9-17-15/h3-9,11H,1-2H3,(H,17,18). The van der Waals surface area contributed by atoms with Crippen LogP contribution in [0.5, 0.6) is 5.75 Å². The number of hydrogen-bond acceptors (Lipinski definition) is 4. The van der Waals surface area contributed by atoms with Crippen molar-refractivity contribution in [1.82, 2.24) is 4.98 Å². The average Bonchev–Trinajstić information content (AvgIpc) is 2.48. The van der Waals surface area contributed by atoms with Crippen LogP contribution in [-0.2, 0) is 0 Å². The summed E-state index contributed by atoms with van der Waals surface area (Å²) in [7, 11) is 1.64. The number of aromatic nitrogens is 1. The summed E-state index contributed by atoms with van der Waals surface area (Å²) >= 11 is 0. The number of benzene rings is 1. The third kappa shape index (κ3) is 3.02. The van der Waals surface area contributed by atoms with Gasteiger partial charge in [0.2, 0.25) is 0 Å². The van der Waals surface area contributed by atoms with Crippen molar-refractivity contribution in [1.29, 1.82) is 5.26 Å². The lowest BCUT2D eigenvalue weighted by Gasteiger charge is -2.16. The Balaban J connectivity index is 2.16. The molecule has 0 saturated heterocycles. The first-order chi connectivity index (χ1) is 9.24. The fourth-order valence-electron chi connectivity index (χ4n) is 1.79. The van der Waals surface area contributed by atoms with Crippen molar-refractivity contribution in [3.8, 4) is 11.8 Å². The van der Waals surface area contributed by atoms with Crippen molar-refractivity contribution < 1.29 is 4.74 Å². The van der Waals surface area contributed by atoms with Crippen LogP contribution in [0.2, 0.25) is 0 Å². The van der Waals surface area contributed by atoms with Crippen LogP contribution in [0.1, 0.15) is 24.1 Å². The summed E-state index contributed by atoms with van der Waals surface area (Å²) in [5, 5.41) is 12.3. The van der Waals surface area contributed by atoms with Crippen molar-refractivity contribution >= 4 is 5.82 Å². The van der Waals surface area contributed by atoms with Gasteiger partial charge in [-0.2, -0.15) is 5.26 Å². The van der Waals surface area contributed by atoms with Gasteiger partial charge in [-0.25, -0.2) is 4.98 Å². The summed E-state index contributed by atoms with van der Waals surface area (Å²) in [6.07, 6.45) is 1.67. The molecule has 1 unspecified atom stereocenters. The van der Waals surface area contributed by atoms with E-state index in [4.69, 9.17) is 10.00 Å². The number of nitriles is 1. The molecule has 1 N–H and O–H groups in total. The molecule has 0 saturated carbocycles. The molecule has 19 heavy (non-hydrogen) atoms. The first kappa shape index (κ1) is 12.9. The number of rotatable bonds is 4. The van der Waals surface area contributed by atoms with Crippen LogP contribution in [0.25, 0.3) is 0 Å². The van der Waals surface area contributed by atoms with Crippen LogP contribution in [0, 0.1) is 11.3 Å². The fourth-order valence-corrected chi connectivity index (χ4v) is 1.79. The van der Waals surface area contributed by atoms with Crippen LogP contribution >= 0.6 is 0 Å². The molecule has 0 fully saturated rings. The number of nitrogens with zero attached hydrogens (tertiary/aromatic N) is 2. The molecule has 1 atom stereocenters. The lowest BCUT2D eigenvalue weighted by atomic mass is 10.1. The molecule has 2 aromatic rings. The predicted octanol–water partition coefficient (Wildman–Crippen LogP) is 3.13. The van der Waals surface area contributed by atoms with Gasteiger partial charge in [-0.05, 0) is 36.8 Å². The van der Waals surface area contributed by atoms with Crippen molar-refractivity contribution in [3.05, 3.63) is 53.7 Å². The summed E-state index contributed by atoms with van der Waals surface area (Å²) in [4.78, 5) is 4.19. The normalized spacial score (nSPS) is 11.4. The molecule has 4 nitrogen and oxygen atoms in total. The van der Waals surface area contributed by atoms with Crippen molar-refractivity contribution in [2.24, 2.45) is 0 Å². The van der Waals surface area contributed by atoms with Crippen molar-refractivity contribution in [3.63, 3.8) is 0 Å². The van der Waals surface area contributed by atoms with E-state index < -0.39 is 0 Å². The Kier molecular flexibility index (Phi) is 3.99. The zero-order chi connectivity index (χ0) is 13.7. The highest BCUT2D eigenvalue weighted by Gasteiger charge is 2.09. The second-order valence-electron chi connectivity index (χ2n) is 4.15. The molecule has 4 heteroatoms. The number of pyridine rings is 1. The zero-order valence-corrected chi connectivity index (χ0v) is 10.9. The van der Waals surface area contributed by atoms with Crippen LogP contribution in [-0.4, -0.2) is 12.1 Å². The number of ether oxygens (including phenoxy) is 1. The van der Waals surface area contributed by atoms with E-state index in [0.29, 0.717) is 11.4 Å². The van der Waals surface area contributed by atoms with E-state index in [9.17, 15) is 0 Å². The first-order valence-electron chi connectivity index (χ1n) is 6.00. The fraction of sp³-hybridized carbons (Fsp3) is 0.200. The second-order valence-corrected chi connectivity index (χ2v) is 4.15. The molecule has 1 aromatic carbocycles. The zero-order valence-electron chi connectivity index (χ0n) is 10.9. The monoisotopic (exact) mass is 253 g/mol. The molecule has 0 amide bonds. The SMILES string of the molecule is COc1ccc(C(C)Nc2ncccc2C#N)cc1. The highest BCUT2D eigenvalue weighted by atomic mass is 16.5. The van der Waals surface area contributed by atoms with Gasteiger partial charge in [-0.15, -0.1) is 0 Å². The molecular weight excluding hydrogens is 238 g/mol. The Morgan fingerprint density at radius 1 is 1.26 bits per heavy atom. The van der Waals surface area contributed by atoms with Crippen LogP contribution in [0.4, 0.5) is 5.82 Å². The highest BCUT2D eigenvalue weighted by Crippen LogP contribution is 2.22. The van der Waals surface area contributed by atoms with E-state index in [-0.39, 0.29) is 6.04 Å². The van der Waals surface area contributed by atoms with Crippen molar-refractivity contribution in [2.45, 2.75) is 13.0 Å². The summed E-state index contributed by atoms with van der Waals surface area (Å²) in [5.41, 5.74) is 1.65. The van der Waals surface area contributed by atoms with Crippen LogP contribution in [0.15, 0.2) is 42.6 Å². The maximum Gasteiger partial charge on any atom is 0.144 e. The van der Waals surface area contributed by atoms with Crippen molar-refractivity contribution in [2.75, 3.05) is 12.4 Å². The van der Waals surface area contributed by atoms with Gasteiger partial charge < -0.3 is 10.1 Å². The molecule has 0 aliphatic heterocycles. The van der Waals surface area contributed by atoms with Gasteiger partial charge in [0, 0.05) is 12.2 Å². The molecule has 0 spiro atoms. The molecule has 0 radical (unpaired) electrons. The van der Waals surface area contributed by atoms with Gasteiger partial charge in [0.1, 0.15) is 17.6 Å². The van der Waals surface area contributed by atoms with E-state index >= 15 is 0 Å². The largest absolute Gasteiger partial charge is 0.497 e. The second kappa shape index (κ2) is 5.87. The Labute approximate surface area is 112 Å². The number of methoxy groups -OCH3 is 1.